The van der Waals surface area contributed by atoms with Crippen molar-refractivity contribution in [2.24, 2.45) is 5.92 Å². The topological polar surface area (TPSA) is 107 Å². The summed E-state index contributed by atoms with van der Waals surface area (Å²) >= 11 is 0. The Balaban J connectivity index is -0.000000667. The third-order valence-electron chi connectivity index (χ3n) is 2.55. The number of esters is 2. The fourth-order valence-corrected chi connectivity index (χ4v) is 1.75. The quantitative estimate of drug-likeness (QED) is 0.273. The molecule has 0 aliphatic heterocycles. The van der Waals surface area contributed by atoms with Crippen molar-refractivity contribution >= 4 is 45.1 Å². The van der Waals surface area contributed by atoms with Gasteiger partial charge in [0.05, 0.1) is 5.92 Å². The molecule has 0 aromatic rings. The van der Waals surface area contributed by atoms with Crippen LogP contribution in [-0.2, 0) is 29.2 Å². The summed E-state index contributed by atoms with van der Waals surface area (Å²) in [5.74, 6) is -2.48. The van der Waals surface area contributed by atoms with Gasteiger partial charge in [-0.3, -0.25) is 9.35 Å². The molecule has 7 nitrogen and oxygen atoms in total. The molecule has 1 atom stereocenters. The van der Waals surface area contributed by atoms with E-state index in [1.807, 2.05) is 6.92 Å². The van der Waals surface area contributed by atoms with Crippen molar-refractivity contribution in [2.45, 2.75) is 33.1 Å². The van der Waals surface area contributed by atoms with Crippen molar-refractivity contribution in [1.29, 1.82) is 0 Å². The molecule has 0 heterocycles. The van der Waals surface area contributed by atoms with E-state index in [-0.39, 0.29) is 32.5 Å². The number of unbranched alkanes of at least 4 members (excludes halogenated alkanes) is 1. The molecular formula is C13H24MgO7S. The average molecular weight is 349 g/mol. The first-order valence-corrected chi connectivity index (χ1v) is 8.32. The number of rotatable bonds is 10. The molecule has 1 unspecified atom stereocenters. The zero-order valence-corrected chi connectivity index (χ0v) is 15.2. The minimum Gasteiger partial charge on any atom is -1.00 e. The van der Waals surface area contributed by atoms with Crippen molar-refractivity contribution in [2.75, 3.05) is 19.0 Å². The molecular weight excluding hydrogens is 325 g/mol. The summed E-state index contributed by atoms with van der Waals surface area (Å²) in [4.78, 5) is 23.0. The first-order valence-electron chi connectivity index (χ1n) is 6.71. The number of allylic oxidation sites excluding steroid dienone is 1. The van der Waals surface area contributed by atoms with Crippen molar-refractivity contribution in [3.05, 3.63) is 12.2 Å². The maximum Gasteiger partial charge on any atom is 2.00 e. The second kappa shape index (κ2) is 12.9. The van der Waals surface area contributed by atoms with Gasteiger partial charge in [-0.25, -0.2) is 4.79 Å². The largest absolute Gasteiger partial charge is 2.00 e. The van der Waals surface area contributed by atoms with Crippen LogP contribution in [-0.4, -0.2) is 66.9 Å². The van der Waals surface area contributed by atoms with E-state index >= 15 is 0 Å². The van der Waals surface area contributed by atoms with Gasteiger partial charge in [-0.2, -0.15) is 8.42 Å². The Morgan fingerprint density at radius 1 is 1.32 bits per heavy atom. The molecule has 0 radical (unpaired) electrons. The third kappa shape index (κ3) is 13.0. The zero-order chi connectivity index (χ0) is 16.3. The van der Waals surface area contributed by atoms with Gasteiger partial charge in [0.25, 0.3) is 10.1 Å². The number of carbonyl (C=O) groups is 2. The van der Waals surface area contributed by atoms with Crippen LogP contribution in [0.1, 0.15) is 36.0 Å². The van der Waals surface area contributed by atoms with Crippen LogP contribution in [0.25, 0.3) is 0 Å². The molecule has 0 saturated carbocycles. The summed E-state index contributed by atoms with van der Waals surface area (Å²) in [6, 6.07) is 0. The molecule has 0 fully saturated rings. The second-order valence-electron chi connectivity index (χ2n) is 4.42. The van der Waals surface area contributed by atoms with Crippen molar-refractivity contribution < 1.29 is 34.9 Å². The maximum atomic E-state index is 11.8. The average Bonchev–Trinajstić information content (AvgIpc) is 2.37. The molecule has 0 aromatic carbocycles. The minimum absolute atomic E-state index is 0. The van der Waals surface area contributed by atoms with E-state index < -0.39 is 40.3 Å². The van der Waals surface area contributed by atoms with Crippen molar-refractivity contribution in [3.63, 3.8) is 0 Å². The predicted molar refractivity (Wildman–Crippen MR) is 84.1 cm³/mol. The predicted octanol–water partition coefficient (Wildman–Crippen LogP) is 1.19. The van der Waals surface area contributed by atoms with Crippen LogP contribution in [0.5, 0.6) is 0 Å². The molecule has 126 valence electrons. The molecule has 0 rings (SSSR count). The van der Waals surface area contributed by atoms with Gasteiger partial charge in [0, 0.05) is 6.08 Å². The van der Waals surface area contributed by atoms with Crippen LogP contribution in [0.4, 0.5) is 0 Å². The fraction of sp³-hybridized carbons (Fsp3) is 0.692. The molecule has 1 N–H and O–H groups in total. The number of hydrogen-bond acceptors (Lipinski definition) is 6. The molecule has 0 aliphatic carbocycles. The Hall–Kier alpha value is -0.644. The second-order valence-corrected chi connectivity index (χ2v) is 5.99. The maximum absolute atomic E-state index is 11.8. The van der Waals surface area contributed by atoms with Gasteiger partial charge < -0.3 is 12.3 Å². The van der Waals surface area contributed by atoms with Crippen LogP contribution >= 0.6 is 0 Å². The van der Waals surface area contributed by atoms with Crippen LogP contribution < -0.4 is 0 Å². The van der Waals surface area contributed by atoms with Crippen LogP contribution in [0.15, 0.2) is 12.2 Å². The first-order chi connectivity index (χ1) is 9.80. The van der Waals surface area contributed by atoms with Crippen molar-refractivity contribution in [3.8, 4) is 0 Å². The SMILES string of the molecule is CC=CC(=O)OCC(CCCC)C(=O)OCCS(=O)(=O)O.[H-].[H-].[Mg+2]. The van der Waals surface area contributed by atoms with Gasteiger partial charge in [-0.1, -0.05) is 25.8 Å². The summed E-state index contributed by atoms with van der Waals surface area (Å²) in [6.07, 6.45) is 4.84. The van der Waals surface area contributed by atoms with E-state index in [1.165, 1.54) is 12.2 Å². The Bertz CT molecular complexity index is 469. The Morgan fingerprint density at radius 2 is 1.95 bits per heavy atom. The van der Waals surface area contributed by atoms with Gasteiger partial charge in [0.2, 0.25) is 0 Å². The molecule has 22 heavy (non-hydrogen) atoms. The van der Waals surface area contributed by atoms with Crippen LogP contribution in [0.2, 0.25) is 0 Å². The van der Waals surface area contributed by atoms with Gasteiger partial charge in [-0.05, 0) is 13.3 Å². The molecule has 9 heteroatoms. The van der Waals surface area contributed by atoms with E-state index in [2.05, 4.69) is 0 Å². The number of hydrogen-bond donors (Lipinski definition) is 1. The Morgan fingerprint density at radius 3 is 2.45 bits per heavy atom. The number of carbonyl (C=O) groups excluding carboxylic acids is 2. The summed E-state index contributed by atoms with van der Waals surface area (Å²) < 4.78 is 39.3. The van der Waals surface area contributed by atoms with Crippen molar-refractivity contribution in [1.82, 2.24) is 0 Å². The van der Waals surface area contributed by atoms with Gasteiger partial charge in [0.15, 0.2) is 0 Å². The molecule has 0 aliphatic rings. The summed E-state index contributed by atoms with van der Waals surface area (Å²) in [6.45, 7) is 3.07. The van der Waals surface area contributed by atoms with E-state index in [4.69, 9.17) is 14.0 Å². The van der Waals surface area contributed by atoms with Crippen LogP contribution in [0.3, 0.4) is 0 Å². The smallest absolute Gasteiger partial charge is 1.00 e. The van der Waals surface area contributed by atoms with E-state index in [9.17, 15) is 18.0 Å². The molecule has 0 spiro atoms. The zero-order valence-electron chi connectivity index (χ0n) is 15.0. The molecule has 0 bridgehead atoms. The first kappa shape index (κ1) is 23.6. The normalized spacial score (nSPS) is 12.5. The van der Waals surface area contributed by atoms with Gasteiger partial charge >= 0.3 is 35.0 Å². The van der Waals surface area contributed by atoms with Crippen LogP contribution in [0, 0.1) is 5.92 Å². The minimum atomic E-state index is -4.17. The van der Waals surface area contributed by atoms with Gasteiger partial charge in [-0.15, -0.1) is 0 Å². The van der Waals surface area contributed by atoms with E-state index in [1.54, 1.807) is 6.92 Å². The molecule has 0 saturated heterocycles. The standard InChI is InChI=1S/C13H22O7S.Mg.2H/c1-3-5-7-11(10-20-12(14)6-4-2)13(15)19-8-9-21(16,17)18;;;/h4,6,11H,3,5,7-10H2,1-2H3,(H,16,17,18);;;/q;+2;2*-1. The molecule has 0 amide bonds. The Kier molecular flexibility index (Phi) is 13.8. The fourth-order valence-electron chi connectivity index (χ4n) is 1.45. The summed E-state index contributed by atoms with van der Waals surface area (Å²) in [7, 11) is -4.17. The monoisotopic (exact) mass is 348 g/mol. The number of ether oxygens (including phenoxy) is 2. The third-order valence-corrected chi connectivity index (χ3v) is 3.24. The van der Waals surface area contributed by atoms with E-state index in [0.29, 0.717) is 6.42 Å². The summed E-state index contributed by atoms with van der Waals surface area (Å²) in [5, 5.41) is 0. The van der Waals surface area contributed by atoms with E-state index in [0.717, 1.165) is 12.8 Å². The molecule has 0 aromatic heterocycles. The van der Waals surface area contributed by atoms with Gasteiger partial charge in [0.1, 0.15) is 19.0 Å². The summed E-state index contributed by atoms with van der Waals surface area (Å²) in [5.41, 5.74) is 0. The Labute approximate surface area is 150 Å².